The Balaban J connectivity index is 1.88. The van der Waals surface area contributed by atoms with E-state index >= 15 is 0 Å². The van der Waals surface area contributed by atoms with Crippen LogP contribution in [0.15, 0.2) is 59.8 Å². The minimum absolute atomic E-state index is 0.147. The molecule has 140 valence electrons. The van der Waals surface area contributed by atoms with Crippen molar-refractivity contribution in [3.63, 3.8) is 0 Å². The zero-order valence-electron chi connectivity index (χ0n) is 15.1. The highest BCUT2D eigenvalue weighted by atomic mass is 32.2. The van der Waals surface area contributed by atoms with Gasteiger partial charge in [-0.2, -0.15) is 0 Å². The summed E-state index contributed by atoms with van der Waals surface area (Å²) in [5.41, 5.74) is 1.84. The molecule has 0 aliphatic rings. The van der Waals surface area contributed by atoms with Gasteiger partial charge in [0.25, 0.3) is 0 Å². The summed E-state index contributed by atoms with van der Waals surface area (Å²) in [6.07, 6.45) is -0.157. The van der Waals surface area contributed by atoms with E-state index in [9.17, 15) is 9.18 Å². The van der Waals surface area contributed by atoms with Crippen LogP contribution in [0.25, 0.3) is 11.4 Å². The normalized spacial score (nSPS) is 11.0. The molecule has 0 saturated carbocycles. The maximum absolute atomic E-state index is 13.3. The highest BCUT2D eigenvalue weighted by Crippen LogP contribution is 2.25. The minimum Gasteiger partial charge on any atom is -0.462 e. The molecule has 0 atom stereocenters. The molecule has 0 aliphatic heterocycles. The summed E-state index contributed by atoms with van der Waals surface area (Å²) in [7, 11) is 0. The molecule has 5 nitrogen and oxygen atoms in total. The van der Waals surface area contributed by atoms with Crippen molar-refractivity contribution in [2.45, 2.75) is 31.7 Å². The third-order valence-corrected chi connectivity index (χ3v) is 4.63. The molecular weight excluding hydrogens is 365 g/mol. The molecule has 0 aliphatic carbocycles. The van der Waals surface area contributed by atoms with Crippen LogP contribution in [0.1, 0.15) is 19.4 Å². The summed E-state index contributed by atoms with van der Waals surface area (Å²) < 4.78 is 20.4. The van der Waals surface area contributed by atoms with Crippen molar-refractivity contribution >= 4 is 17.7 Å². The third-order valence-electron chi connectivity index (χ3n) is 3.69. The van der Waals surface area contributed by atoms with Crippen LogP contribution in [0, 0.1) is 5.82 Å². The molecular formula is C20H20FN3O2S. The number of carbonyl (C=O) groups excluding carboxylic acids is 1. The van der Waals surface area contributed by atoms with Gasteiger partial charge >= 0.3 is 5.97 Å². The molecule has 0 unspecified atom stereocenters. The topological polar surface area (TPSA) is 57.0 Å². The van der Waals surface area contributed by atoms with Crippen LogP contribution in [0.3, 0.4) is 0 Å². The molecule has 0 spiro atoms. The molecule has 27 heavy (non-hydrogen) atoms. The first kappa shape index (κ1) is 19.1. The SMILES string of the molecule is CC(C)OC(=O)CSc1nnc(-c2ccc(F)cc2)n1Cc1ccccc1. The summed E-state index contributed by atoms with van der Waals surface area (Å²) in [5.74, 6) is 0.166. The molecule has 3 rings (SSSR count). The van der Waals surface area contributed by atoms with Crippen molar-refractivity contribution in [1.82, 2.24) is 14.8 Å². The molecule has 0 N–H and O–H groups in total. The standard InChI is InChI=1S/C20H20FN3O2S/c1-14(2)26-18(25)13-27-20-23-22-19(16-8-10-17(21)11-9-16)24(20)12-15-6-4-3-5-7-15/h3-11,14H,12-13H2,1-2H3. The molecule has 1 aromatic heterocycles. The zero-order valence-corrected chi connectivity index (χ0v) is 15.9. The Labute approximate surface area is 161 Å². The number of hydrogen-bond donors (Lipinski definition) is 0. The Morgan fingerprint density at radius 1 is 1.11 bits per heavy atom. The van der Waals surface area contributed by atoms with E-state index < -0.39 is 0 Å². The average Bonchev–Trinajstić information content (AvgIpc) is 3.03. The molecule has 0 amide bonds. The maximum atomic E-state index is 13.3. The fourth-order valence-electron chi connectivity index (χ4n) is 2.54. The van der Waals surface area contributed by atoms with Gasteiger partial charge in [-0.15, -0.1) is 10.2 Å². The Hall–Kier alpha value is -2.67. The molecule has 0 bridgehead atoms. The average molecular weight is 385 g/mol. The van der Waals surface area contributed by atoms with Gasteiger partial charge in [0.15, 0.2) is 11.0 Å². The largest absolute Gasteiger partial charge is 0.462 e. The number of halogens is 1. The van der Waals surface area contributed by atoms with Crippen molar-refractivity contribution in [3.05, 3.63) is 66.0 Å². The number of hydrogen-bond acceptors (Lipinski definition) is 5. The van der Waals surface area contributed by atoms with Gasteiger partial charge in [-0.3, -0.25) is 9.36 Å². The lowest BCUT2D eigenvalue weighted by Gasteiger charge is -2.11. The molecule has 7 heteroatoms. The monoisotopic (exact) mass is 385 g/mol. The second-order valence-electron chi connectivity index (χ2n) is 6.21. The van der Waals surface area contributed by atoms with Crippen molar-refractivity contribution in [3.8, 4) is 11.4 Å². The summed E-state index contributed by atoms with van der Waals surface area (Å²) in [6, 6.07) is 16.0. The van der Waals surface area contributed by atoms with E-state index in [1.54, 1.807) is 12.1 Å². The Morgan fingerprint density at radius 2 is 1.81 bits per heavy atom. The Kier molecular flexibility index (Phi) is 6.24. The van der Waals surface area contributed by atoms with Gasteiger partial charge in [0.05, 0.1) is 18.4 Å². The molecule has 0 fully saturated rings. The third kappa shape index (κ3) is 5.17. The number of nitrogens with zero attached hydrogens (tertiary/aromatic N) is 3. The second-order valence-corrected chi connectivity index (χ2v) is 7.15. The summed E-state index contributed by atoms with van der Waals surface area (Å²) in [5, 5.41) is 9.12. The highest BCUT2D eigenvalue weighted by molar-refractivity contribution is 7.99. The van der Waals surface area contributed by atoms with Crippen LogP contribution in [0.4, 0.5) is 4.39 Å². The highest BCUT2D eigenvalue weighted by Gasteiger charge is 2.17. The summed E-state index contributed by atoms with van der Waals surface area (Å²) in [6.45, 7) is 4.17. The van der Waals surface area contributed by atoms with Gasteiger partial charge in [-0.1, -0.05) is 42.1 Å². The maximum Gasteiger partial charge on any atom is 0.316 e. The first-order chi connectivity index (χ1) is 13.0. The lowest BCUT2D eigenvalue weighted by molar-refractivity contribution is -0.144. The first-order valence-corrected chi connectivity index (χ1v) is 9.57. The predicted molar refractivity (Wildman–Crippen MR) is 103 cm³/mol. The number of aromatic nitrogens is 3. The first-order valence-electron chi connectivity index (χ1n) is 8.58. The van der Waals surface area contributed by atoms with E-state index in [0.717, 1.165) is 11.1 Å². The smallest absolute Gasteiger partial charge is 0.316 e. The molecule has 2 aromatic carbocycles. The second kappa shape index (κ2) is 8.81. The van der Waals surface area contributed by atoms with E-state index in [1.165, 1.54) is 23.9 Å². The van der Waals surface area contributed by atoms with Crippen molar-refractivity contribution in [2.75, 3.05) is 5.75 Å². The van der Waals surface area contributed by atoms with E-state index in [2.05, 4.69) is 10.2 Å². The summed E-state index contributed by atoms with van der Waals surface area (Å²) in [4.78, 5) is 11.9. The van der Waals surface area contributed by atoms with Crippen molar-refractivity contribution in [1.29, 1.82) is 0 Å². The van der Waals surface area contributed by atoms with E-state index in [4.69, 9.17) is 4.74 Å². The molecule has 1 heterocycles. The van der Waals surface area contributed by atoms with Gasteiger partial charge < -0.3 is 4.74 Å². The molecule has 3 aromatic rings. The number of thioether (sulfide) groups is 1. The number of carbonyl (C=O) groups is 1. The number of esters is 1. The van der Waals surface area contributed by atoms with Crippen LogP contribution in [0.5, 0.6) is 0 Å². The van der Waals surface area contributed by atoms with Gasteiger partial charge in [-0.25, -0.2) is 4.39 Å². The number of rotatable bonds is 7. The Bertz CT molecular complexity index is 895. The van der Waals surface area contributed by atoms with Gasteiger partial charge in [-0.05, 0) is 43.7 Å². The molecule has 0 saturated heterocycles. The Morgan fingerprint density at radius 3 is 2.48 bits per heavy atom. The molecule has 0 radical (unpaired) electrons. The summed E-state index contributed by atoms with van der Waals surface area (Å²) >= 11 is 1.28. The lowest BCUT2D eigenvalue weighted by Crippen LogP contribution is -2.14. The van der Waals surface area contributed by atoms with Crippen LogP contribution < -0.4 is 0 Å². The van der Waals surface area contributed by atoms with E-state index in [-0.39, 0.29) is 23.6 Å². The van der Waals surface area contributed by atoms with Gasteiger partial charge in [0, 0.05) is 5.56 Å². The quantitative estimate of drug-likeness (QED) is 0.451. The van der Waals surface area contributed by atoms with Gasteiger partial charge in [0.2, 0.25) is 0 Å². The van der Waals surface area contributed by atoms with Crippen LogP contribution in [-0.4, -0.2) is 32.6 Å². The van der Waals surface area contributed by atoms with Gasteiger partial charge in [0.1, 0.15) is 5.82 Å². The fourth-order valence-corrected chi connectivity index (χ4v) is 3.26. The minimum atomic E-state index is -0.307. The van der Waals surface area contributed by atoms with Crippen LogP contribution in [0.2, 0.25) is 0 Å². The number of ether oxygens (including phenoxy) is 1. The van der Waals surface area contributed by atoms with E-state index in [1.807, 2.05) is 48.7 Å². The van der Waals surface area contributed by atoms with Crippen LogP contribution >= 0.6 is 11.8 Å². The number of benzene rings is 2. The van der Waals surface area contributed by atoms with E-state index in [0.29, 0.717) is 17.5 Å². The van der Waals surface area contributed by atoms with Crippen molar-refractivity contribution < 1.29 is 13.9 Å². The predicted octanol–water partition coefficient (Wildman–Crippen LogP) is 4.18. The van der Waals surface area contributed by atoms with Crippen LogP contribution in [-0.2, 0) is 16.1 Å². The van der Waals surface area contributed by atoms with Crippen molar-refractivity contribution in [2.24, 2.45) is 0 Å². The zero-order chi connectivity index (χ0) is 19.2. The lowest BCUT2D eigenvalue weighted by atomic mass is 10.2. The fraction of sp³-hybridized carbons (Fsp3) is 0.250.